The molecule has 0 amide bonds. The molecule has 1 aromatic heterocycles. The van der Waals surface area contributed by atoms with E-state index in [1.807, 2.05) is 24.6 Å². The molecule has 0 bridgehead atoms. The summed E-state index contributed by atoms with van der Waals surface area (Å²) in [6.07, 6.45) is 1.24. The fourth-order valence-electron chi connectivity index (χ4n) is 2.13. The van der Waals surface area contributed by atoms with E-state index >= 15 is 0 Å². The van der Waals surface area contributed by atoms with Gasteiger partial charge < -0.3 is 9.16 Å². The monoisotopic (exact) mass is 326 g/mol. The van der Waals surface area contributed by atoms with Crippen molar-refractivity contribution in [3.8, 4) is 5.88 Å². The lowest BCUT2D eigenvalue weighted by molar-refractivity contribution is 0.170. The van der Waals surface area contributed by atoms with Gasteiger partial charge in [0.25, 0.3) is 0 Å². The molecule has 0 saturated carbocycles. The smallest absolute Gasteiger partial charge is 0.233 e. The van der Waals surface area contributed by atoms with E-state index in [1.54, 1.807) is 0 Å². The van der Waals surface area contributed by atoms with Crippen LogP contribution >= 0.6 is 0 Å². The number of aryl methyl sites for hydroxylation is 1. The first-order chi connectivity index (χ1) is 9.96. The van der Waals surface area contributed by atoms with Crippen LogP contribution in [-0.4, -0.2) is 30.3 Å². The van der Waals surface area contributed by atoms with Gasteiger partial charge in [-0.1, -0.05) is 27.7 Å². The van der Waals surface area contributed by atoms with E-state index < -0.39 is 8.32 Å². The molecular weight excluding hydrogens is 292 g/mol. The fraction of sp³-hybridized carbons (Fsp3) is 0.824. The van der Waals surface area contributed by atoms with E-state index in [-0.39, 0.29) is 17.2 Å². The van der Waals surface area contributed by atoms with Gasteiger partial charge in [0.15, 0.2) is 8.32 Å². The van der Waals surface area contributed by atoms with E-state index in [4.69, 9.17) is 9.16 Å². The number of aromatic nitrogens is 2. The molecule has 0 fully saturated rings. The molecule has 1 heterocycles. The molecule has 0 radical (unpaired) electrons. The lowest BCUT2D eigenvalue weighted by Gasteiger charge is -2.38. The van der Waals surface area contributed by atoms with E-state index in [1.165, 1.54) is 5.69 Å². The highest BCUT2D eigenvalue weighted by molar-refractivity contribution is 6.74. The molecule has 0 N–H and O–H groups in total. The van der Waals surface area contributed by atoms with E-state index in [0.717, 1.165) is 13.0 Å². The summed E-state index contributed by atoms with van der Waals surface area (Å²) < 4.78 is 14.2. The normalized spacial score (nSPS) is 14.5. The van der Waals surface area contributed by atoms with Gasteiger partial charge in [0.1, 0.15) is 0 Å². The quantitative estimate of drug-likeness (QED) is 0.685. The Morgan fingerprint density at radius 3 is 2.27 bits per heavy atom. The van der Waals surface area contributed by atoms with Crippen molar-refractivity contribution < 1.29 is 9.16 Å². The van der Waals surface area contributed by atoms with Crippen LogP contribution in [0.4, 0.5) is 0 Å². The van der Waals surface area contributed by atoms with Crippen LogP contribution < -0.4 is 4.74 Å². The molecule has 0 aromatic carbocycles. The molecule has 22 heavy (non-hydrogen) atoms. The lowest BCUT2D eigenvalue weighted by Crippen LogP contribution is -2.44. The summed E-state index contributed by atoms with van der Waals surface area (Å²) in [4.78, 5) is 0. The Balaban J connectivity index is 2.79. The Kier molecular flexibility index (Phi) is 6.27. The summed E-state index contributed by atoms with van der Waals surface area (Å²) in [5.74, 6) is 0.714. The van der Waals surface area contributed by atoms with Crippen molar-refractivity contribution in [1.82, 2.24) is 9.78 Å². The maximum Gasteiger partial charge on any atom is 0.233 e. The van der Waals surface area contributed by atoms with Gasteiger partial charge in [-0.2, -0.15) is 0 Å². The largest absolute Gasteiger partial charge is 0.474 e. The Bertz CT molecular complexity index is 475. The highest BCUT2D eigenvalue weighted by Gasteiger charge is 2.38. The van der Waals surface area contributed by atoms with Crippen LogP contribution in [0.2, 0.25) is 18.1 Å². The number of ether oxygens (including phenoxy) is 1. The van der Waals surface area contributed by atoms with E-state index in [9.17, 15) is 0 Å². The van der Waals surface area contributed by atoms with Crippen LogP contribution in [0.5, 0.6) is 5.88 Å². The molecule has 0 aliphatic rings. The van der Waals surface area contributed by atoms with Crippen molar-refractivity contribution in [3.63, 3.8) is 0 Å². The summed E-state index contributed by atoms with van der Waals surface area (Å²) in [7, 11) is -1.74. The second-order valence-corrected chi connectivity index (χ2v) is 12.6. The first-order valence-corrected chi connectivity index (χ1v) is 11.3. The van der Waals surface area contributed by atoms with Gasteiger partial charge >= 0.3 is 0 Å². The summed E-state index contributed by atoms with van der Waals surface area (Å²) in [5, 5.41) is 4.81. The molecule has 0 aliphatic heterocycles. The van der Waals surface area contributed by atoms with Crippen molar-refractivity contribution in [2.75, 3.05) is 0 Å². The zero-order chi connectivity index (χ0) is 17.1. The molecular formula is C17H34N2O2Si. The second kappa shape index (κ2) is 7.17. The Labute approximate surface area is 137 Å². The Morgan fingerprint density at radius 2 is 1.82 bits per heavy atom. The maximum atomic E-state index is 6.43. The summed E-state index contributed by atoms with van der Waals surface area (Å²) >= 11 is 0. The highest BCUT2D eigenvalue weighted by atomic mass is 28.4. The number of rotatable bonds is 7. The Hall–Kier alpha value is -0.813. The lowest BCUT2D eigenvalue weighted by atomic mass is 10.2. The van der Waals surface area contributed by atoms with Gasteiger partial charge in [0.05, 0.1) is 18.8 Å². The average Bonchev–Trinajstić information content (AvgIpc) is 2.67. The number of hydrogen-bond donors (Lipinski definition) is 0. The molecule has 0 saturated heterocycles. The van der Waals surface area contributed by atoms with Crippen LogP contribution in [0.15, 0.2) is 6.07 Å². The molecule has 4 nitrogen and oxygen atoms in total. The summed E-state index contributed by atoms with van der Waals surface area (Å²) in [6.45, 7) is 20.5. The van der Waals surface area contributed by atoms with E-state index in [0.29, 0.717) is 5.88 Å². The van der Waals surface area contributed by atoms with Crippen LogP contribution in [-0.2, 0) is 17.4 Å². The highest BCUT2D eigenvalue weighted by Crippen LogP contribution is 2.37. The predicted molar refractivity (Wildman–Crippen MR) is 95.1 cm³/mol. The molecule has 128 valence electrons. The minimum atomic E-state index is -1.74. The summed E-state index contributed by atoms with van der Waals surface area (Å²) in [6, 6.07) is 2.04. The van der Waals surface area contributed by atoms with Crippen LogP contribution in [0.25, 0.3) is 0 Å². The SMILES string of the molecule is CCc1cc(OC(C)C)nn1C[C@H](C)O[Si](C)(C)C(C)(C)C. The number of hydrogen-bond acceptors (Lipinski definition) is 3. The molecule has 1 rings (SSSR count). The van der Waals surface area contributed by atoms with Gasteiger partial charge in [-0.15, -0.1) is 5.10 Å². The molecule has 0 spiro atoms. The third kappa shape index (κ3) is 5.13. The first kappa shape index (κ1) is 19.2. The van der Waals surface area contributed by atoms with Crippen molar-refractivity contribution in [1.29, 1.82) is 0 Å². The van der Waals surface area contributed by atoms with Gasteiger partial charge in [-0.05, 0) is 45.3 Å². The van der Waals surface area contributed by atoms with Crippen molar-refractivity contribution in [3.05, 3.63) is 11.8 Å². The van der Waals surface area contributed by atoms with Crippen molar-refractivity contribution in [2.24, 2.45) is 0 Å². The zero-order valence-corrected chi connectivity index (χ0v) is 16.9. The van der Waals surface area contributed by atoms with Crippen molar-refractivity contribution >= 4 is 8.32 Å². The molecule has 1 aromatic rings. The predicted octanol–water partition coefficient (Wildman–Crippen LogP) is 4.64. The molecule has 0 aliphatic carbocycles. The molecule has 0 unspecified atom stereocenters. The van der Waals surface area contributed by atoms with Gasteiger partial charge in [0.2, 0.25) is 5.88 Å². The standard InChI is InChI=1S/C17H34N2O2Si/c1-10-15-11-16(20-13(2)3)18-19(15)12-14(4)21-22(8,9)17(5,6)7/h11,13-14H,10,12H2,1-9H3/t14-/m0/s1. The van der Waals surface area contributed by atoms with Gasteiger partial charge in [0, 0.05) is 11.8 Å². The maximum absolute atomic E-state index is 6.43. The minimum absolute atomic E-state index is 0.147. The van der Waals surface area contributed by atoms with E-state index in [2.05, 4.69) is 52.8 Å². The molecule has 5 heteroatoms. The van der Waals surface area contributed by atoms with Gasteiger partial charge in [-0.3, -0.25) is 4.68 Å². The topological polar surface area (TPSA) is 36.3 Å². The minimum Gasteiger partial charge on any atom is -0.474 e. The fourth-order valence-corrected chi connectivity index (χ4v) is 3.57. The average molecular weight is 327 g/mol. The first-order valence-electron chi connectivity index (χ1n) is 8.37. The second-order valence-electron chi connectivity index (χ2n) is 7.86. The van der Waals surface area contributed by atoms with Crippen LogP contribution in [0.3, 0.4) is 0 Å². The number of nitrogens with zero attached hydrogens (tertiary/aromatic N) is 2. The van der Waals surface area contributed by atoms with Crippen LogP contribution in [0.1, 0.15) is 54.2 Å². The molecule has 1 atom stereocenters. The summed E-state index contributed by atoms with van der Waals surface area (Å²) in [5.41, 5.74) is 1.20. The zero-order valence-electron chi connectivity index (χ0n) is 15.9. The van der Waals surface area contributed by atoms with Crippen LogP contribution in [0, 0.1) is 0 Å². The Morgan fingerprint density at radius 1 is 1.23 bits per heavy atom. The third-order valence-electron chi connectivity index (χ3n) is 4.29. The van der Waals surface area contributed by atoms with Crippen molar-refractivity contribution in [2.45, 2.75) is 91.8 Å². The van der Waals surface area contributed by atoms with Gasteiger partial charge in [-0.25, -0.2) is 0 Å². The third-order valence-corrected chi connectivity index (χ3v) is 8.90.